The summed E-state index contributed by atoms with van der Waals surface area (Å²) in [4.78, 5) is 31.0. The summed E-state index contributed by atoms with van der Waals surface area (Å²) in [5.41, 5.74) is 1.07. The lowest BCUT2D eigenvalue weighted by atomic mass is 10.1. The summed E-state index contributed by atoms with van der Waals surface area (Å²) in [5, 5.41) is 11.0. The third kappa shape index (κ3) is 3.99. The van der Waals surface area contributed by atoms with E-state index in [2.05, 4.69) is 41.8 Å². The molecule has 1 aromatic heterocycles. The Morgan fingerprint density at radius 2 is 1.82 bits per heavy atom. The second-order valence-corrected chi connectivity index (χ2v) is 8.25. The van der Waals surface area contributed by atoms with Crippen molar-refractivity contribution in [2.75, 3.05) is 0 Å². The Morgan fingerprint density at radius 3 is 2.50 bits per heavy atom. The largest absolute Gasteiger partial charge is 0.493 e. The number of nitrogens with zero attached hydrogens (tertiary/aromatic N) is 2. The van der Waals surface area contributed by atoms with Gasteiger partial charge in [-0.15, -0.1) is 0 Å². The highest BCUT2D eigenvalue weighted by Crippen LogP contribution is 2.29. The topological polar surface area (TPSA) is 87.4 Å². The highest BCUT2D eigenvalue weighted by Gasteiger charge is 2.17. The Labute approximate surface area is 181 Å². The van der Waals surface area contributed by atoms with Gasteiger partial charge in [-0.3, -0.25) is 14.8 Å². The standard InChI is InChI=1S/C19H14Br2ClN3O3/c1-9-5-13(21)16(6-10(9)2)25-18(27)12(17(26)24-19(25)28)8-23-15-4-3-11(20)7-14(15)22/h3-8,27H,1-2H3,(H,24,26,28). The van der Waals surface area contributed by atoms with E-state index in [9.17, 15) is 14.7 Å². The predicted octanol–water partition coefficient (Wildman–Crippen LogP) is 4.78. The second kappa shape index (κ2) is 8.06. The number of rotatable bonds is 3. The first-order chi connectivity index (χ1) is 13.2. The van der Waals surface area contributed by atoms with E-state index in [1.54, 1.807) is 24.3 Å². The molecule has 2 aromatic carbocycles. The molecule has 0 radical (unpaired) electrons. The van der Waals surface area contributed by atoms with Gasteiger partial charge in [0.2, 0.25) is 5.88 Å². The van der Waals surface area contributed by atoms with Crippen LogP contribution >= 0.6 is 43.5 Å². The molecule has 0 spiro atoms. The summed E-state index contributed by atoms with van der Waals surface area (Å²) in [5.74, 6) is -0.519. The molecule has 0 saturated heterocycles. The molecule has 28 heavy (non-hydrogen) atoms. The molecule has 0 aliphatic carbocycles. The average molecular weight is 528 g/mol. The SMILES string of the molecule is Cc1cc(Br)c(-n2c(O)c(C=Nc3ccc(Br)cc3Cl)c(=O)[nH]c2=O)cc1C. The van der Waals surface area contributed by atoms with Gasteiger partial charge in [0.1, 0.15) is 5.56 Å². The lowest BCUT2D eigenvalue weighted by Crippen LogP contribution is -2.31. The first kappa shape index (κ1) is 20.6. The van der Waals surface area contributed by atoms with E-state index in [0.29, 0.717) is 20.9 Å². The summed E-state index contributed by atoms with van der Waals surface area (Å²) in [6, 6.07) is 8.63. The molecule has 2 N–H and O–H groups in total. The van der Waals surface area contributed by atoms with Crippen molar-refractivity contribution >= 4 is 55.4 Å². The van der Waals surface area contributed by atoms with E-state index in [0.717, 1.165) is 20.2 Å². The Balaban J connectivity index is 2.19. The zero-order valence-corrected chi connectivity index (χ0v) is 18.7. The van der Waals surface area contributed by atoms with Crippen molar-refractivity contribution in [2.24, 2.45) is 4.99 Å². The number of H-pyrrole nitrogens is 1. The van der Waals surface area contributed by atoms with Crippen LogP contribution in [0.4, 0.5) is 5.69 Å². The molecule has 0 amide bonds. The van der Waals surface area contributed by atoms with Gasteiger partial charge in [0.15, 0.2) is 0 Å². The zero-order chi connectivity index (χ0) is 20.6. The number of benzene rings is 2. The monoisotopic (exact) mass is 525 g/mol. The third-order valence-corrected chi connectivity index (χ3v) is 5.60. The summed E-state index contributed by atoms with van der Waals surface area (Å²) >= 11 is 12.8. The molecule has 144 valence electrons. The van der Waals surface area contributed by atoms with Crippen molar-refractivity contribution < 1.29 is 5.11 Å². The van der Waals surface area contributed by atoms with Gasteiger partial charge in [0.05, 0.1) is 16.4 Å². The molecule has 0 atom stereocenters. The molecule has 0 fully saturated rings. The van der Waals surface area contributed by atoms with Gasteiger partial charge in [-0.2, -0.15) is 0 Å². The van der Waals surface area contributed by atoms with Crippen LogP contribution in [-0.4, -0.2) is 20.9 Å². The Morgan fingerprint density at radius 1 is 1.14 bits per heavy atom. The van der Waals surface area contributed by atoms with E-state index in [-0.39, 0.29) is 5.56 Å². The molecule has 6 nitrogen and oxygen atoms in total. The van der Waals surface area contributed by atoms with Crippen LogP contribution in [0.15, 0.2) is 53.9 Å². The first-order valence-corrected chi connectivity index (χ1v) is 10.00. The smallest absolute Gasteiger partial charge is 0.335 e. The molecule has 0 unspecified atom stereocenters. The summed E-state index contributed by atoms with van der Waals surface area (Å²) < 4.78 is 2.40. The number of aliphatic imine (C=N–C) groups is 1. The van der Waals surface area contributed by atoms with Gasteiger partial charge >= 0.3 is 5.69 Å². The van der Waals surface area contributed by atoms with E-state index in [1.807, 2.05) is 19.9 Å². The summed E-state index contributed by atoms with van der Waals surface area (Å²) in [7, 11) is 0. The highest BCUT2D eigenvalue weighted by molar-refractivity contribution is 9.10. The quantitative estimate of drug-likeness (QED) is 0.481. The van der Waals surface area contributed by atoms with Gasteiger partial charge in [0.25, 0.3) is 5.56 Å². The summed E-state index contributed by atoms with van der Waals surface area (Å²) in [6.45, 7) is 3.82. The normalized spacial score (nSPS) is 11.3. The number of aromatic nitrogens is 2. The number of aromatic hydroxyl groups is 1. The van der Waals surface area contributed by atoms with Crippen LogP contribution in [0.3, 0.4) is 0 Å². The molecule has 0 saturated carbocycles. The lowest BCUT2D eigenvalue weighted by Gasteiger charge is -2.13. The zero-order valence-electron chi connectivity index (χ0n) is 14.8. The Bertz CT molecular complexity index is 1230. The number of hydrogen-bond acceptors (Lipinski definition) is 4. The second-order valence-electron chi connectivity index (χ2n) is 6.07. The molecule has 0 aliphatic heterocycles. The van der Waals surface area contributed by atoms with E-state index >= 15 is 0 Å². The van der Waals surface area contributed by atoms with Crippen LogP contribution in [-0.2, 0) is 0 Å². The minimum atomic E-state index is -0.759. The third-order valence-electron chi connectivity index (χ3n) is 4.17. The minimum Gasteiger partial charge on any atom is -0.493 e. The number of aromatic amines is 1. The fourth-order valence-corrected chi connectivity index (χ4v) is 3.89. The number of halogens is 3. The van der Waals surface area contributed by atoms with Crippen molar-refractivity contribution in [3.05, 3.63) is 81.8 Å². The summed E-state index contributed by atoms with van der Waals surface area (Å²) in [6.07, 6.45) is 1.17. The predicted molar refractivity (Wildman–Crippen MR) is 118 cm³/mol. The van der Waals surface area contributed by atoms with Crippen LogP contribution < -0.4 is 11.2 Å². The molecular formula is C19H14Br2ClN3O3. The van der Waals surface area contributed by atoms with Gasteiger partial charge in [-0.25, -0.2) is 9.36 Å². The molecule has 3 aromatic rings. The maximum Gasteiger partial charge on any atom is 0.335 e. The van der Waals surface area contributed by atoms with Crippen molar-refractivity contribution in [3.8, 4) is 11.6 Å². The molecule has 0 aliphatic rings. The van der Waals surface area contributed by atoms with Gasteiger partial charge in [-0.05, 0) is 71.2 Å². The minimum absolute atomic E-state index is 0.163. The van der Waals surface area contributed by atoms with Gasteiger partial charge < -0.3 is 5.11 Å². The highest BCUT2D eigenvalue weighted by atomic mass is 79.9. The lowest BCUT2D eigenvalue weighted by molar-refractivity contribution is 0.430. The average Bonchev–Trinajstić information content (AvgIpc) is 2.60. The molecular weight excluding hydrogens is 513 g/mol. The van der Waals surface area contributed by atoms with Gasteiger partial charge in [-0.1, -0.05) is 27.5 Å². The molecule has 9 heteroatoms. The van der Waals surface area contributed by atoms with Crippen LogP contribution in [0.1, 0.15) is 16.7 Å². The van der Waals surface area contributed by atoms with Crippen molar-refractivity contribution in [1.82, 2.24) is 9.55 Å². The maximum absolute atomic E-state index is 12.4. The maximum atomic E-state index is 12.4. The van der Waals surface area contributed by atoms with Crippen LogP contribution in [0.2, 0.25) is 5.02 Å². The van der Waals surface area contributed by atoms with Crippen LogP contribution in [0, 0.1) is 13.8 Å². The number of hydrogen-bond donors (Lipinski definition) is 2. The molecule has 1 heterocycles. The van der Waals surface area contributed by atoms with Crippen molar-refractivity contribution in [3.63, 3.8) is 0 Å². The van der Waals surface area contributed by atoms with E-state index in [1.165, 1.54) is 6.21 Å². The Kier molecular flexibility index (Phi) is 5.92. The Hall–Kier alpha value is -2.16. The number of nitrogens with one attached hydrogen (secondary N) is 1. The van der Waals surface area contributed by atoms with Crippen LogP contribution in [0.5, 0.6) is 5.88 Å². The first-order valence-electron chi connectivity index (χ1n) is 8.03. The number of aryl methyl sites for hydroxylation is 2. The fraction of sp³-hybridized carbons (Fsp3) is 0.105. The van der Waals surface area contributed by atoms with Crippen molar-refractivity contribution in [1.29, 1.82) is 0 Å². The fourth-order valence-electron chi connectivity index (χ4n) is 2.54. The molecule has 3 rings (SSSR count). The van der Waals surface area contributed by atoms with Crippen molar-refractivity contribution in [2.45, 2.75) is 13.8 Å². The van der Waals surface area contributed by atoms with Gasteiger partial charge in [0, 0.05) is 15.2 Å². The molecule has 0 bridgehead atoms. The van der Waals surface area contributed by atoms with Crippen LogP contribution in [0.25, 0.3) is 5.69 Å². The van der Waals surface area contributed by atoms with E-state index < -0.39 is 17.1 Å². The van der Waals surface area contributed by atoms with E-state index in [4.69, 9.17) is 11.6 Å².